The van der Waals surface area contributed by atoms with Gasteiger partial charge in [0.1, 0.15) is 4.88 Å². The summed E-state index contributed by atoms with van der Waals surface area (Å²) < 4.78 is 3.30. The van der Waals surface area contributed by atoms with E-state index in [9.17, 15) is 9.90 Å². The lowest BCUT2D eigenvalue weighted by Crippen LogP contribution is -1.97. The van der Waals surface area contributed by atoms with Crippen LogP contribution in [-0.4, -0.2) is 11.1 Å². The molecule has 0 fully saturated rings. The Balaban J connectivity index is 1.61. The molecule has 5 heteroatoms. The number of carboxylic acids is 1. The molecule has 26 heavy (non-hydrogen) atoms. The maximum absolute atomic E-state index is 11.5. The number of thiophene rings is 2. The largest absolute Gasteiger partial charge is 0.477 e. The van der Waals surface area contributed by atoms with Crippen LogP contribution in [0.5, 0.6) is 0 Å². The van der Waals surface area contributed by atoms with E-state index >= 15 is 0 Å². The molecule has 2 rings (SSSR count). The minimum atomic E-state index is -0.778. The first-order valence-electron chi connectivity index (χ1n) is 10.1. The molecule has 0 aliphatic heterocycles. The molecule has 1 N–H and O–H groups in total. The first kappa shape index (κ1) is 21.9. The van der Waals surface area contributed by atoms with Gasteiger partial charge in [0.05, 0.1) is 9.40 Å². The molecule has 0 unspecified atom stereocenters. The molecule has 0 amide bonds. The van der Waals surface area contributed by atoms with Gasteiger partial charge in [0.15, 0.2) is 0 Å². The maximum Gasteiger partial charge on any atom is 0.346 e. The number of aryl methyl sites for hydroxylation is 1. The molecule has 0 radical (unpaired) electrons. The lowest BCUT2D eigenvalue weighted by atomic mass is 10.0. The highest BCUT2D eigenvalue weighted by atomic mass is 79.9. The third-order valence-electron chi connectivity index (χ3n) is 4.93. The highest BCUT2D eigenvalue weighted by Gasteiger charge is 2.20. The number of rotatable bonds is 14. The highest BCUT2D eigenvalue weighted by Crippen LogP contribution is 2.41. The van der Waals surface area contributed by atoms with Crippen molar-refractivity contribution in [1.29, 1.82) is 0 Å². The Bertz CT molecular complexity index is 675. The lowest BCUT2D eigenvalue weighted by Gasteiger charge is -2.03. The van der Waals surface area contributed by atoms with Crippen LogP contribution in [0.15, 0.2) is 9.85 Å². The normalized spacial score (nSPS) is 11.5. The molecule has 146 valence electrons. The third kappa shape index (κ3) is 6.65. The van der Waals surface area contributed by atoms with Crippen LogP contribution in [-0.2, 0) is 6.42 Å². The summed E-state index contributed by atoms with van der Waals surface area (Å²) >= 11 is 6.61. The Morgan fingerprint density at radius 1 is 0.923 bits per heavy atom. The second-order valence-corrected chi connectivity index (χ2v) is 9.85. The monoisotopic (exact) mass is 458 g/mol. The van der Waals surface area contributed by atoms with Crippen LogP contribution in [0.3, 0.4) is 0 Å². The van der Waals surface area contributed by atoms with E-state index < -0.39 is 5.97 Å². The predicted octanol–water partition coefficient (Wildman–Crippen LogP) is 8.67. The van der Waals surface area contributed by atoms with Gasteiger partial charge < -0.3 is 5.11 Å². The summed E-state index contributed by atoms with van der Waals surface area (Å²) in [6.45, 7) is 2.27. The van der Waals surface area contributed by atoms with Crippen molar-refractivity contribution in [3.63, 3.8) is 0 Å². The molecule has 0 bridgehead atoms. The third-order valence-corrected chi connectivity index (χ3v) is 8.54. The van der Waals surface area contributed by atoms with Gasteiger partial charge in [0.25, 0.3) is 0 Å². The first-order valence-corrected chi connectivity index (χ1v) is 12.6. The van der Waals surface area contributed by atoms with Crippen LogP contribution in [0.2, 0.25) is 0 Å². The Morgan fingerprint density at radius 3 is 2.00 bits per heavy atom. The van der Waals surface area contributed by atoms with Crippen molar-refractivity contribution in [3.05, 3.63) is 20.3 Å². The number of unbranched alkanes of at least 4 members (excludes halogenated alkanes) is 11. The standard InChI is InChI=1S/C21H31BrO2S2/c1-2-3-4-5-6-7-8-9-10-11-12-13-14-16-18-20(17(22)15-25-18)26-19(16)21(23)24/h15H,2-14H2,1H3,(H,23,24). The van der Waals surface area contributed by atoms with Gasteiger partial charge in [-0.3, -0.25) is 0 Å². The fourth-order valence-corrected chi connectivity index (χ4v) is 6.59. The van der Waals surface area contributed by atoms with E-state index in [2.05, 4.69) is 28.2 Å². The van der Waals surface area contributed by atoms with Gasteiger partial charge in [0.2, 0.25) is 0 Å². The molecule has 0 aromatic carbocycles. The number of halogens is 1. The Labute approximate surface area is 174 Å². The SMILES string of the molecule is CCCCCCCCCCCCCCc1c(C(=O)O)sc2c(Br)csc12. The Morgan fingerprint density at radius 2 is 1.46 bits per heavy atom. The van der Waals surface area contributed by atoms with E-state index in [1.807, 2.05) is 0 Å². The second kappa shape index (κ2) is 12.1. The van der Waals surface area contributed by atoms with Gasteiger partial charge in [-0.15, -0.1) is 22.7 Å². The van der Waals surface area contributed by atoms with Crippen LogP contribution in [0.1, 0.15) is 99.2 Å². The van der Waals surface area contributed by atoms with Gasteiger partial charge in [-0.25, -0.2) is 4.79 Å². The van der Waals surface area contributed by atoms with Crippen LogP contribution >= 0.6 is 38.6 Å². The summed E-state index contributed by atoms with van der Waals surface area (Å²) in [5.41, 5.74) is 1.06. The molecule has 0 spiro atoms. The molecule has 0 aliphatic rings. The van der Waals surface area contributed by atoms with E-state index in [1.165, 1.54) is 86.7 Å². The van der Waals surface area contributed by atoms with Gasteiger partial charge >= 0.3 is 5.97 Å². The van der Waals surface area contributed by atoms with Crippen molar-refractivity contribution in [2.24, 2.45) is 0 Å². The summed E-state index contributed by atoms with van der Waals surface area (Å²) in [6.07, 6.45) is 16.9. The number of aromatic carboxylic acids is 1. The average molecular weight is 460 g/mol. The summed E-state index contributed by atoms with van der Waals surface area (Å²) in [6, 6.07) is 0. The average Bonchev–Trinajstić information content (AvgIpc) is 3.16. The molecule has 0 atom stereocenters. The lowest BCUT2D eigenvalue weighted by molar-refractivity contribution is 0.0701. The number of hydrogen-bond acceptors (Lipinski definition) is 3. The number of fused-ring (bicyclic) bond motifs is 1. The van der Waals surface area contributed by atoms with Gasteiger partial charge in [-0.05, 0) is 34.3 Å². The smallest absolute Gasteiger partial charge is 0.346 e. The zero-order valence-electron chi connectivity index (χ0n) is 15.8. The minimum absolute atomic E-state index is 0.538. The molecule has 0 aliphatic carbocycles. The summed E-state index contributed by atoms with van der Waals surface area (Å²) in [4.78, 5) is 12.1. The molecule has 0 saturated carbocycles. The highest BCUT2D eigenvalue weighted by molar-refractivity contribution is 9.10. The Hall–Kier alpha value is -0.390. The first-order chi connectivity index (χ1) is 12.6. The van der Waals surface area contributed by atoms with Gasteiger partial charge in [0, 0.05) is 9.85 Å². The molecule has 0 saturated heterocycles. The van der Waals surface area contributed by atoms with Crippen molar-refractivity contribution >= 4 is 54.0 Å². The number of carbonyl (C=O) groups is 1. The molecule has 2 nitrogen and oxygen atoms in total. The van der Waals surface area contributed by atoms with Crippen LogP contribution in [0.4, 0.5) is 0 Å². The fourth-order valence-electron chi connectivity index (χ4n) is 3.44. The molecule has 2 aromatic heterocycles. The van der Waals surface area contributed by atoms with Crippen molar-refractivity contribution in [3.8, 4) is 0 Å². The topological polar surface area (TPSA) is 37.3 Å². The van der Waals surface area contributed by atoms with Crippen molar-refractivity contribution in [1.82, 2.24) is 0 Å². The molecule has 2 aromatic rings. The zero-order valence-corrected chi connectivity index (χ0v) is 19.0. The van der Waals surface area contributed by atoms with E-state index in [-0.39, 0.29) is 0 Å². The molecule has 2 heterocycles. The Kier molecular flexibility index (Phi) is 10.2. The quantitative estimate of drug-likeness (QED) is 0.287. The maximum atomic E-state index is 11.5. The van der Waals surface area contributed by atoms with Crippen molar-refractivity contribution in [2.75, 3.05) is 0 Å². The zero-order chi connectivity index (χ0) is 18.8. The van der Waals surface area contributed by atoms with Gasteiger partial charge in [-0.1, -0.05) is 77.6 Å². The minimum Gasteiger partial charge on any atom is -0.477 e. The van der Waals surface area contributed by atoms with Crippen LogP contribution < -0.4 is 0 Å². The predicted molar refractivity (Wildman–Crippen MR) is 119 cm³/mol. The summed E-state index contributed by atoms with van der Waals surface area (Å²) in [5, 5.41) is 11.5. The van der Waals surface area contributed by atoms with E-state index in [0.717, 1.165) is 27.6 Å². The van der Waals surface area contributed by atoms with E-state index in [0.29, 0.717) is 4.88 Å². The fraction of sp³-hybridized carbons (Fsp3) is 0.667. The summed E-state index contributed by atoms with van der Waals surface area (Å²) in [7, 11) is 0. The second-order valence-electron chi connectivity index (χ2n) is 7.10. The number of hydrogen-bond donors (Lipinski definition) is 1. The molecular formula is C21H31BrO2S2. The van der Waals surface area contributed by atoms with Crippen molar-refractivity contribution < 1.29 is 9.90 Å². The van der Waals surface area contributed by atoms with Crippen LogP contribution in [0.25, 0.3) is 9.40 Å². The van der Waals surface area contributed by atoms with Crippen molar-refractivity contribution in [2.45, 2.75) is 90.4 Å². The van der Waals surface area contributed by atoms with Gasteiger partial charge in [-0.2, -0.15) is 0 Å². The number of carboxylic acid groups (broad SMARTS) is 1. The van der Waals surface area contributed by atoms with E-state index in [1.54, 1.807) is 11.3 Å². The van der Waals surface area contributed by atoms with E-state index in [4.69, 9.17) is 0 Å². The molecular weight excluding hydrogens is 428 g/mol. The van der Waals surface area contributed by atoms with Crippen LogP contribution in [0, 0.1) is 0 Å². The summed E-state index contributed by atoms with van der Waals surface area (Å²) in [5.74, 6) is -0.778.